The van der Waals surface area contributed by atoms with Gasteiger partial charge < -0.3 is 5.11 Å². The monoisotopic (exact) mass is 181 g/mol. The van der Waals surface area contributed by atoms with Gasteiger partial charge in [-0.2, -0.15) is 5.26 Å². The predicted molar refractivity (Wildman–Crippen MR) is 52.0 cm³/mol. The molecule has 74 valence electrons. The SMILES string of the molecule is CCC1CCCC(O)(CC#N)CC1. The fourth-order valence-corrected chi connectivity index (χ4v) is 2.19. The van der Waals surface area contributed by atoms with Gasteiger partial charge >= 0.3 is 0 Å². The Kier molecular flexibility index (Phi) is 3.74. The van der Waals surface area contributed by atoms with Crippen LogP contribution >= 0.6 is 0 Å². The smallest absolute Gasteiger partial charge is 0.0777 e. The zero-order valence-electron chi connectivity index (χ0n) is 8.42. The van der Waals surface area contributed by atoms with Gasteiger partial charge in [0.2, 0.25) is 0 Å². The van der Waals surface area contributed by atoms with Crippen molar-refractivity contribution in [2.45, 2.75) is 57.5 Å². The van der Waals surface area contributed by atoms with E-state index in [9.17, 15) is 5.11 Å². The molecule has 2 atom stereocenters. The van der Waals surface area contributed by atoms with Crippen molar-refractivity contribution in [3.63, 3.8) is 0 Å². The fraction of sp³-hybridized carbons (Fsp3) is 0.909. The third-order valence-corrected chi connectivity index (χ3v) is 3.26. The highest BCUT2D eigenvalue weighted by Gasteiger charge is 2.29. The second-order valence-electron chi connectivity index (χ2n) is 4.26. The minimum absolute atomic E-state index is 0.309. The molecule has 0 aromatic rings. The van der Waals surface area contributed by atoms with Gasteiger partial charge in [-0.25, -0.2) is 0 Å². The summed E-state index contributed by atoms with van der Waals surface area (Å²) in [6.07, 6.45) is 6.55. The standard InChI is InChI=1S/C11H19NO/c1-2-10-4-3-6-11(13,7-5-10)8-9-12/h10,13H,2-8H2,1H3. The van der Waals surface area contributed by atoms with Gasteiger partial charge in [-0.1, -0.05) is 26.2 Å². The number of hydrogen-bond acceptors (Lipinski definition) is 2. The second kappa shape index (κ2) is 4.62. The van der Waals surface area contributed by atoms with Crippen molar-refractivity contribution >= 4 is 0 Å². The Labute approximate surface area is 80.6 Å². The van der Waals surface area contributed by atoms with Gasteiger partial charge in [0.1, 0.15) is 0 Å². The average Bonchev–Trinajstić information content (AvgIpc) is 2.28. The van der Waals surface area contributed by atoms with Crippen LogP contribution in [0.15, 0.2) is 0 Å². The predicted octanol–water partition coefficient (Wildman–Crippen LogP) is 2.62. The molecule has 0 radical (unpaired) electrons. The first-order chi connectivity index (χ1) is 6.20. The second-order valence-corrected chi connectivity index (χ2v) is 4.26. The van der Waals surface area contributed by atoms with Gasteiger partial charge in [0.25, 0.3) is 0 Å². The van der Waals surface area contributed by atoms with Gasteiger partial charge in [-0.3, -0.25) is 0 Å². The van der Waals surface area contributed by atoms with Crippen molar-refractivity contribution < 1.29 is 5.11 Å². The molecule has 1 saturated carbocycles. The van der Waals surface area contributed by atoms with Gasteiger partial charge in [-0.05, 0) is 25.2 Å². The molecule has 0 bridgehead atoms. The highest BCUT2D eigenvalue weighted by molar-refractivity contribution is 4.90. The molecule has 2 nitrogen and oxygen atoms in total. The number of nitrogens with zero attached hydrogens (tertiary/aromatic N) is 1. The van der Waals surface area contributed by atoms with Gasteiger partial charge in [0.15, 0.2) is 0 Å². The first-order valence-electron chi connectivity index (χ1n) is 5.29. The minimum atomic E-state index is -0.668. The molecule has 1 rings (SSSR count). The lowest BCUT2D eigenvalue weighted by Gasteiger charge is -2.23. The number of aliphatic hydroxyl groups is 1. The maximum absolute atomic E-state index is 10.0. The summed E-state index contributed by atoms with van der Waals surface area (Å²) < 4.78 is 0. The molecule has 2 heteroatoms. The summed E-state index contributed by atoms with van der Waals surface area (Å²) in [5.74, 6) is 0.771. The Balaban J connectivity index is 2.48. The molecule has 2 unspecified atom stereocenters. The Hall–Kier alpha value is -0.550. The van der Waals surface area contributed by atoms with Crippen molar-refractivity contribution in [3.8, 4) is 6.07 Å². The summed E-state index contributed by atoms with van der Waals surface area (Å²) in [4.78, 5) is 0. The number of nitriles is 1. The van der Waals surface area contributed by atoms with Crippen molar-refractivity contribution in [3.05, 3.63) is 0 Å². The molecule has 1 N–H and O–H groups in total. The molecule has 0 amide bonds. The molecule has 0 aromatic heterocycles. The van der Waals surface area contributed by atoms with E-state index in [0.29, 0.717) is 6.42 Å². The van der Waals surface area contributed by atoms with Crippen LogP contribution in [-0.4, -0.2) is 10.7 Å². The summed E-state index contributed by atoms with van der Waals surface area (Å²) in [5, 5.41) is 18.6. The lowest BCUT2D eigenvalue weighted by atomic mass is 9.90. The fourth-order valence-electron chi connectivity index (χ4n) is 2.19. The van der Waals surface area contributed by atoms with Crippen LogP contribution in [0.2, 0.25) is 0 Å². The van der Waals surface area contributed by atoms with Crippen LogP contribution in [0.1, 0.15) is 51.9 Å². The molecule has 13 heavy (non-hydrogen) atoms. The maximum Gasteiger partial charge on any atom is 0.0777 e. The first kappa shape index (κ1) is 10.5. The normalized spacial score (nSPS) is 35.0. The van der Waals surface area contributed by atoms with Crippen LogP contribution in [0.3, 0.4) is 0 Å². The molecule has 0 spiro atoms. The Morgan fingerprint density at radius 3 is 2.85 bits per heavy atom. The average molecular weight is 181 g/mol. The van der Waals surface area contributed by atoms with E-state index in [4.69, 9.17) is 5.26 Å². The lowest BCUT2D eigenvalue weighted by molar-refractivity contribution is 0.0285. The zero-order chi connectivity index (χ0) is 9.73. The van der Waals surface area contributed by atoms with Gasteiger partial charge in [0.05, 0.1) is 18.1 Å². The molecule has 1 aliphatic rings. The van der Waals surface area contributed by atoms with Gasteiger partial charge in [0, 0.05) is 0 Å². The third kappa shape index (κ3) is 3.00. The van der Waals surface area contributed by atoms with Crippen LogP contribution in [0.4, 0.5) is 0 Å². The highest BCUT2D eigenvalue weighted by Crippen LogP contribution is 2.33. The number of hydrogen-bond donors (Lipinski definition) is 1. The first-order valence-corrected chi connectivity index (χ1v) is 5.29. The van der Waals surface area contributed by atoms with E-state index in [2.05, 4.69) is 13.0 Å². The Bertz CT molecular complexity index is 197. The van der Waals surface area contributed by atoms with E-state index in [0.717, 1.165) is 31.6 Å². The van der Waals surface area contributed by atoms with E-state index in [1.54, 1.807) is 0 Å². The van der Waals surface area contributed by atoms with Crippen LogP contribution in [0.5, 0.6) is 0 Å². The van der Waals surface area contributed by atoms with Crippen LogP contribution in [0.25, 0.3) is 0 Å². The van der Waals surface area contributed by atoms with Crippen LogP contribution in [-0.2, 0) is 0 Å². The zero-order valence-corrected chi connectivity index (χ0v) is 8.42. The topological polar surface area (TPSA) is 44.0 Å². The van der Waals surface area contributed by atoms with Crippen LogP contribution in [0, 0.1) is 17.2 Å². The quantitative estimate of drug-likeness (QED) is 0.665. The molecule has 0 aromatic carbocycles. The van der Waals surface area contributed by atoms with E-state index in [1.807, 2.05) is 0 Å². The summed E-state index contributed by atoms with van der Waals surface area (Å²) in [6.45, 7) is 2.21. The van der Waals surface area contributed by atoms with E-state index >= 15 is 0 Å². The van der Waals surface area contributed by atoms with Crippen molar-refractivity contribution in [2.24, 2.45) is 5.92 Å². The molecule has 0 aliphatic heterocycles. The largest absolute Gasteiger partial charge is 0.389 e. The van der Waals surface area contributed by atoms with Gasteiger partial charge in [-0.15, -0.1) is 0 Å². The molecule has 1 fully saturated rings. The van der Waals surface area contributed by atoms with Crippen molar-refractivity contribution in [1.82, 2.24) is 0 Å². The summed E-state index contributed by atoms with van der Waals surface area (Å²) in [6, 6.07) is 2.09. The highest BCUT2D eigenvalue weighted by atomic mass is 16.3. The maximum atomic E-state index is 10.0. The van der Waals surface area contributed by atoms with Crippen molar-refractivity contribution in [1.29, 1.82) is 5.26 Å². The summed E-state index contributed by atoms with van der Waals surface area (Å²) in [5.41, 5.74) is -0.668. The molecule has 1 aliphatic carbocycles. The van der Waals surface area contributed by atoms with Crippen LogP contribution < -0.4 is 0 Å². The third-order valence-electron chi connectivity index (χ3n) is 3.26. The lowest BCUT2D eigenvalue weighted by Crippen LogP contribution is -2.26. The molecular formula is C11H19NO. The Morgan fingerprint density at radius 1 is 1.46 bits per heavy atom. The summed E-state index contributed by atoms with van der Waals surface area (Å²) >= 11 is 0. The van der Waals surface area contributed by atoms with Crippen molar-refractivity contribution in [2.75, 3.05) is 0 Å². The Morgan fingerprint density at radius 2 is 2.23 bits per heavy atom. The van der Waals surface area contributed by atoms with E-state index in [-0.39, 0.29) is 0 Å². The van der Waals surface area contributed by atoms with E-state index < -0.39 is 5.60 Å². The molecular weight excluding hydrogens is 162 g/mol. The minimum Gasteiger partial charge on any atom is -0.389 e. The molecule has 0 heterocycles. The van der Waals surface area contributed by atoms with E-state index in [1.165, 1.54) is 12.8 Å². The number of rotatable bonds is 2. The summed E-state index contributed by atoms with van der Waals surface area (Å²) in [7, 11) is 0. The molecule has 0 saturated heterocycles.